The first-order valence-corrected chi connectivity index (χ1v) is 12.7. The van der Waals surface area contributed by atoms with E-state index in [0.29, 0.717) is 56.8 Å². The normalized spacial score (nSPS) is 10.9. The van der Waals surface area contributed by atoms with Gasteiger partial charge in [-0.15, -0.1) is 0 Å². The number of ether oxygens (including phenoxy) is 4. The Hall–Kier alpha value is -4.98. The molecule has 0 fully saturated rings. The van der Waals surface area contributed by atoms with E-state index in [-0.39, 0.29) is 18.0 Å². The van der Waals surface area contributed by atoms with Crippen LogP contribution in [0.4, 0.5) is 0 Å². The van der Waals surface area contributed by atoms with Crippen LogP contribution in [0.2, 0.25) is 0 Å². The Balaban J connectivity index is 1.87. The molecular formula is C32H30N2O6. The highest BCUT2D eigenvalue weighted by atomic mass is 16.5. The number of hydrogen-bond acceptors (Lipinski definition) is 6. The van der Waals surface area contributed by atoms with E-state index in [1.165, 1.54) is 28.4 Å². The van der Waals surface area contributed by atoms with Crippen molar-refractivity contribution in [3.63, 3.8) is 0 Å². The zero-order valence-corrected chi connectivity index (χ0v) is 22.8. The molecule has 1 amide bonds. The van der Waals surface area contributed by atoms with Gasteiger partial charge in [-0.25, -0.2) is 0 Å². The summed E-state index contributed by atoms with van der Waals surface area (Å²) in [6.07, 6.45) is 0. The van der Waals surface area contributed by atoms with Crippen molar-refractivity contribution in [2.75, 3.05) is 28.4 Å². The summed E-state index contributed by atoms with van der Waals surface area (Å²) in [6.45, 7) is 0.573. The summed E-state index contributed by atoms with van der Waals surface area (Å²) in [7, 11) is 6.07. The Morgan fingerprint density at radius 3 is 1.88 bits per heavy atom. The van der Waals surface area contributed by atoms with Crippen LogP contribution in [-0.2, 0) is 13.1 Å². The van der Waals surface area contributed by atoms with E-state index in [9.17, 15) is 9.59 Å². The van der Waals surface area contributed by atoms with Gasteiger partial charge in [0.2, 0.25) is 0 Å². The molecule has 0 aliphatic heterocycles. The van der Waals surface area contributed by atoms with Crippen molar-refractivity contribution in [3.8, 4) is 23.0 Å². The van der Waals surface area contributed by atoms with Gasteiger partial charge in [-0.2, -0.15) is 0 Å². The number of fused-ring (bicyclic) bond motifs is 3. The predicted molar refractivity (Wildman–Crippen MR) is 155 cm³/mol. The Kier molecular flexibility index (Phi) is 7.59. The second-order valence-corrected chi connectivity index (χ2v) is 9.18. The summed E-state index contributed by atoms with van der Waals surface area (Å²) < 4.78 is 24.2. The van der Waals surface area contributed by atoms with Gasteiger partial charge in [0.05, 0.1) is 51.5 Å². The molecule has 8 heteroatoms. The SMILES string of the molecule is COc1cc2c(=O)n(Cc3ccccc3)c3c(OC)c(OC)cc(C(=O)NCc4ccccc4)c3c2cc1OC. The monoisotopic (exact) mass is 538 g/mol. The highest BCUT2D eigenvalue weighted by molar-refractivity contribution is 6.19. The van der Waals surface area contributed by atoms with Crippen LogP contribution in [-0.4, -0.2) is 38.9 Å². The maximum absolute atomic E-state index is 14.1. The summed E-state index contributed by atoms with van der Waals surface area (Å²) in [5.74, 6) is 1.20. The second kappa shape index (κ2) is 11.4. The third-order valence-electron chi connectivity index (χ3n) is 6.91. The first kappa shape index (κ1) is 26.6. The van der Waals surface area contributed by atoms with Crippen LogP contribution in [0, 0.1) is 0 Å². The van der Waals surface area contributed by atoms with E-state index in [1.807, 2.05) is 60.7 Å². The van der Waals surface area contributed by atoms with Gasteiger partial charge in [0, 0.05) is 17.3 Å². The molecule has 5 rings (SSSR count). The minimum atomic E-state index is -0.323. The average Bonchev–Trinajstić information content (AvgIpc) is 3.01. The average molecular weight is 539 g/mol. The minimum Gasteiger partial charge on any atom is -0.493 e. The molecular weight excluding hydrogens is 508 g/mol. The van der Waals surface area contributed by atoms with Gasteiger partial charge < -0.3 is 24.3 Å². The molecule has 204 valence electrons. The molecule has 0 saturated carbocycles. The summed E-state index contributed by atoms with van der Waals surface area (Å²) in [6, 6.07) is 24.3. The number of methoxy groups -OCH3 is 4. The minimum absolute atomic E-state index is 0.245. The first-order valence-electron chi connectivity index (χ1n) is 12.7. The largest absolute Gasteiger partial charge is 0.493 e. The van der Waals surface area contributed by atoms with Crippen LogP contribution in [0.25, 0.3) is 21.7 Å². The summed E-state index contributed by atoms with van der Waals surface area (Å²) in [5.41, 5.74) is 2.38. The molecule has 0 radical (unpaired) electrons. The molecule has 0 aliphatic carbocycles. The number of amides is 1. The number of carbonyl (C=O) groups excluding carboxylic acids is 1. The van der Waals surface area contributed by atoms with Gasteiger partial charge in [-0.1, -0.05) is 60.7 Å². The molecule has 1 N–H and O–H groups in total. The highest BCUT2D eigenvalue weighted by Crippen LogP contribution is 2.42. The molecule has 0 saturated heterocycles. The Labute approximate surface area is 231 Å². The maximum Gasteiger partial charge on any atom is 0.259 e. The van der Waals surface area contributed by atoms with Crippen LogP contribution in [0.15, 0.2) is 83.7 Å². The number of nitrogens with zero attached hydrogens (tertiary/aromatic N) is 1. The fourth-order valence-electron chi connectivity index (χ4n) is 4.98. The third kappa shape index (κ3) is 4.80. The summed E-state index contributed by atoms with van der Waals surface area (Å²) in [4.78, 5) is 28.0. The molecule has 8 nitrogen and oxygen atoms in total. The molecule has 1 aromatic heterocycles. The van der Waals surface area contributed by atoms with Gasteiger partial charge >= 0.3 is 0 Å². The van der Waals surface area contributed by atoms with E-state index in [1.54, 1.807) is 22.8 Å². The number of rotatable bonds is 9. The van der Waals surface area contributed by atoms with E-state index in [2.05, 4.69) is 5.32 Å². The van der Waals surface area contributed by atoms with Crippen molar-refractivity contribution >= 4 is 27.6 Å². The fourth-order valence-corrected chi connectivity index (χ4v) is 4.98. The number of hydrogen-bond donors (Lipinski definition) is 1. The van der Waals surface area contributed by atoms with Crippen LogP contribution >= 0.6 is 0 Å². The van der Waals surface area contributed by atoms with Crippen LogP contribution in [0.5, 0.6) is 23.0 Å². The van der Waals surface area contributed by atoms with Crippen molar-refractivity contribution in [1.29, 1.82) is 0 Å². The zero-order valence-electron chi connectivity index (χ0n) is 22.8. The zero-order chi connectivity index (χ0) is 28.2. The van der Waals surface area contributed by atoms with Crippen molar-refractivity contribution in [2.45, 2.75) is 13.1 Å². The standard InChI is InChI=1S/C32H30N2O6/c1-37-25-15-22-23(16-26(25)38-2)32(36)34(19-21-13-9-6-10-14-21)29-28(22)24(17-27(39-3)30(29)40-4)31(35)33-18-20-11-7-5-8-12-20/h5-17H,18-19H2,1-4H3,(H,33,35). The number of aromatic nitrogens is 1. The van der Waals surface area contributed by atoms with Gasteiger partial charge in [-0.05, 0) is 29.3 Å². The van der Waals surface area contributed by atoms with Crippen molar-refractivity contribution in [1.82, 2.24) is 9.88 Å². The lowest BCUT2D eigenvalue weighted by Crippen LogP contribution is -2.26. The van der Waals surface area contributed by atoms with Gasteiger partial charge in [0.15, 0.2) is 23.0 Å². The Morgan fingerprint density at radius 1 is 0.725 bits per heavy atom. The van der Waals surface area contributed by atoms with E-state index >= 15 is 0 Å². The lowest BCUT2D eigenvalue weighted by Gasteiger charge is -2.21. The first-order chi connectivity index (χ1) is 19.5. The molecule has 0 unspecified atom stereocenters. The summed E-state index contributed by atoms with van der Waals surface area (Å²) >= 11 is 0. The number of pyridine rings is 1. The number of nitrogens with one attached hydrogen (secondary N) is 1. The molecule has 0 atom stereocenters. The molecule has 0 aliphatic rings. The molecule has 0 bridgehead atoms. The predicted octanol–water partition coefficient (Wildman–Crippen LogP) is 5.17. The molecule has 40 heavy (non-hydrogen) atoms. The lowest BCUT2D eigenvalue weighted by atomic mass is 9.98. The fraction of sp³-hybridized carbons (Fsp3) is 0.188. The van der Waals surface area contributed by atoms with E-state index in [0.717, 1.165) is 11.1 Å². The van der Waals surface area contributed by atoms with E-state index in [4.69, 9.17) is 18.9 Å². The topological polar surface area (TPSA) is 88.0 Å². The molecule has 0 spiro atoms. The maximum atomic E-state index is 14.1. The lowest BCUT2D eigenvalue weighted by molar-refractivity contribution is 0.0952. The Bertz CT molecular complexity index is 1750. The molecule has 5 aromatic rings. The number of carbonyl (C=O) groups is 1. The molecule has 4 aromatic carbocycles. The van der Waals surface area contributed by atoms with Gasteiger partial charge in [-0.3, -0.25) is 14.2 Å². The van der Waals surface area contributed by atoms with Crippen LogP contribution in [0.3, 0.4) is 0 Å². The van der Waals surface area contributed by atoms with Crippen molar-refractivity contribution in [2.24, 2.45) is 0 Å². The quantitative estimate of drug-likeness (QED) is 0.261. The Morgan fingerprint density at radius 2 is 1.30 bits per heavy atom. The van der Waals surface area contributed by atoms with Gasteiger partial charge in [0.25, 0.3) is 11.5 Å². The molecule has 1 heterocycles. The van der Waals surface area contributed by atoms with Crippen molar-refractivity contribution in [3.05, 3.63) is 106 Å². The number of benzene rings is 4. The smallest absolute Gasteiger partial charge is 0.259 e. The van der Waals surface area contributed by atoms with Gasteiger partial charge in [0.1, 0.15) is 0 Å². The highest BCUT2D eigenvalue weighted by Gasteiger charge is 2.26. The second-order valence-electron chi connectivity index (χ2n) is 9.18. The van der Waals surface area contributed by atoms with Crippen molar-refractivity contribution < 1.29 is 23.7 Å². The van der Waals surface area contributed by atoms with Crippen LogP contribution < -0.4 is 29.8 Å². The summed E-state index contributed by atoms with van der Waals surface area (Å²) in [5, 5.41) is 4.47. The van der Waals surface area contributed by atoms with E-state index < -0.39 is 0 Å². The van der Waals surface area contributed by atoms with Crippen LogP contribution in [0.1, 0.15) is 21.5 Å². The third-order valence-corrected chi connectivity index (χ3v) is 6.91.